The smallest absolute Gasteiger partial charge is 0.435 e. The molecular formula is C15H16Cl2F3N3O. The first-order chi connectivity index (χ1) is 11.1. The van der Waals surface area contributed by atoms with Crippen LogP contribution >= 0.6 is 23.2 Å². The van der Waals surface area contributed by atoms with E-state index in [-0.39, 0.29) is 28.6 Å². The lowest BCUT2D eigenvalue weighted by Crippen LogP contribution is -2.23. The summed E-state index contributed by atoms with van der Waals surface area (Å²) in [6, 6.07) is 4.01. The van der Waals surface area contributed by atoms with Crippen molar-refractivity contribution in [1.29, 1.82) is 0 Å². The number of benzene rings is 1. The topological polar surface area (TPSA) is 53.1 Å². The zero-order valence-corrected chi connectivity index (χ0v) is 14.5. The van der Waals surface area contributed by atoms with Gasteiger partial charge in [-0.2, -0.15) is 18.3 Å². The van der Waals surface area contributed by atoms with Crippen LogP contribution in [0.15, 0.2) is 18.2 Å². The number of alkyl halides is 3. The van der Waals surface area contributed by atoms with Crippen LogP contribution in [-0.2, 0) is 19.6 Å². The van der Waals surface area contributed by atoms with Gasteiger partial charge in [0.2, 0.25) is 5.88 Å². The van der Waals surface area contributed by atoms with E-state index in [1.54, 1.807) is 6.92 Å². The summed E-state index contributed by atoms with van der Waals surface area (Å²) in [6.45, 7) is 1.80. The lowest BCUT2D eigenvalue weighted by molar-refractivity contribution is -0.142. The molecule has 2 aromatic rings. The predicted molar refractivity (Wildman–Crippen MR) is 86.7 cm³/mol. The highest BCUT2D eigenvalue weighted by Gasteiger charge is 2.39. The summed E-state index contributed by atoms with van der Waals surface area (Å²) in [7, 11) is 1.37. The molecule has 0 radical (unpaired) electrons. The van der Waals surface area contributed by atoms with E-state index in [0.29, 0.717) is 11.4 Å². The maximum atomic E-state index is 13.3. The monoisotopic (exact) mass is 381 g/mol. The molecule has 9 heteroatoms. The molecule has 1 atom stereocenters. The second-order valence-electron chi connectivity index (χ2n) is 5.30. The summed E-state index contributed by atoms with van der Waals surface area (Å²) >= 11 is 11.8. The van der Waals surface area contributed by atoms with Crippen LogP contribution in [0.2, 0.25) is 10.0 Å². The van der Waals surface area contributed by atoms with Crippen LogP contribution in [0.25, 0.3) is 0 Å². The van der Waals surface area contributed by atoms with E-state index < -0.39 is 17.9 Å². The fraction of sp³-hybridized carbons (Fsp3) is 0.400. The van der Waals surface area contributed by atoms with Gasteiger partial charge in [0.15, 0.2) is 5.69 Å². The minimum absolute atomic E-state index is 0.0142. The number of halogens is 5. The zero-order valence-electron chi connectivity index (χ0n) is 13.0. The van der Waals surface area contributed by atoms with Crippen molar-refractivity contribution in [3.8, 4) is 11.6 Å². The highest BCUT2D eigenvalue weighted by atomic mass is 35.5. The largest absolute Gasteiger partial charge is 0.437 e. The van der Waals surface area contributed by atoms with Crippen molar-refractivity contribution in [1.82, 2.24) is 9.78 Å². The SMILES string of the molecule is CCC(N)Cc1c(C(F)(F)F)nn(C)c1Oc1ccc(Cl)cc1Cl. The number of rotatable bonds is 5. The molecule has 0 spiro atoms. The van der Waals surface area contributed by atoms with Gasteiger partial charge < -0.3 is 10.5 Å². The molecule has 0 saturated heterocycles. The first-order valence-electron chi connectivity index (χ1n) is 7.15. The van der Waals surface area contributed by atoms with Crippen LogP contribution in [0.4, 0.5) is 13.2 Å². The Bertz CT molecular complexity index is 731. The first-order valence-corrected chi connectivity index (χ1v) is 7.90. The van der Waals surface area contributed by atoms with Crippen LogP contribution in [0.3, 0.4) is 0 Å². The Hall–Kier alpha value is -1.44. The van der Waals surface area contributed by atoms with E-state index in [1.807, 2.05) is 0 Å². The number of ether oxygens (including phenoxy) is 1. The number of aromatic nitrogens is 2. The predicted octanol–water partition coefficient (Wildman–Crippen LogP) is 4.82. The van der Waals surface area contributed by atoms with E-state index in [2.05, 4.69) is 5.10 Å². The molecule has 0 aliphatic rings. The maximum absolute atomic E-state index is 13.3. The van der Waals surface area contributed by atoms with Crippen molar-refractivity contribution in [3.05, 3.63) is 39.5 Å². The Morgan fingerprint density at radius 2 is 2.00 bits per heavy atom. The second kappa shape index (κ2) is 7.21. The van der Waals surface area contributed by atoms with Gasteiger partial charge in [-0.1, -0.05) is 30.1 Å². The van der Waals surface area contributed by atoms with Gasteiger partial charge in [-0.3, -0.25) is 0 Å². The third-order valence-corrected chi connectivity index (χ3v) is 3.98. The van der Waals surface area contributed by atoms with Crippen molar-refractivity contribution >= 4 is 23.2 Å². The minimum Gasteiger partial charge on any atom is -0.437 e. The molecule has 1 aromatic carbocycles. The molecule has 2 rings (SSSR count). The summed E-state index contributed by atoms with van der Waals surface area (Å²) in [4.78, 5) is 0. The van der Waals surface area contributed by atoms with E-state index >= 15 is 0 Å². The van der Waals surface area contributed by atoms with Crippen molar-refractivity contribution in [2.24, 2.45) is 12.8 Å². The molecule has 0 fully saturated rings. The van der Waals surface area contributed by atoms with Gasteiger partial charge in [0.1, 0.15) is 5.75 Å². The van der Waals surface area contributed by atoms with E-state index in [0.717, 1.165) is 4.68 Å². The molecule has 1 aromatic heterocycles. The van der Waals surface area contributed by atoms with E-state index in [9.17, 15) is 13.2 Å². The number of hydrogen-bond donors (Lipinski definition) is 1. The quantitative estimate of drug-likeness (QED) is 0.807. The molecule has 1 heterocycles. The highest BCUT2D eigenvalue weighted by molar-refractivity contribution is 6.35. The number of nitrogens with two attached hydrogens (primary N) is 1. The van der Waals surface area contributed by atoms with Crippen LogP contribution in [0, 0.1) is 0 Å². The van der Waals surface area contributed by atoms with Gasteiger partial charge in [0.25, 0.3) is 0 Å². The van der Waals surface area contributed by atoms with Gasteiger partial charge in [-0.25, -0.2) is 4.68 Å². The van der Waals surface area contributed by atoms with Gasteiger partial charge in [-0.05, 0) is 31.0 Å². The zero-order chi connectivity index (χ0) is 18.1. The highest BCUT2D eigenvalue weighted by Crippen LogP contribution is 2.39. The van der Waals surface area contributed by atoms with Crippen molar-refractivity contribution in [2.75, 3.05) is 0 Å². The van der Waals surface area contributed by atoms with Crippen molar-refractivity contribution in [2.45, 2.75) is 32.0 Å². The van der Waals surface area contributed by atoms with Gasteiger partial charge in [0, 0.05) is 23.7 Å². The number of nitrogens with zero attached hydrogens (tertiary/aromatic N) is 2. The standard InChI is InChI=1S/C15H16Cl2F3N3O/c1-3-9(21)7-10-13(15(18,19)20)22-23(2)14(10)24-12-5-4-8(16)6-11(12)17/h4-6,9H,3,7,21H2,1-2H3. The van der Waals surface area contributed by atoms with Gasteiger partial charge >= 0.3 is 6.18 Å². The summed E-state index contributed by atoms with van der Waals surface area (Å²) < 4.78 is 46.4. The van der Waals surface area contributed by atoms with Crippen LogP contribution < -0.4 is 10.5 Å². The normalized spacial score (nSPS) is 13.2. The molecule has 132 valence electrons. The molecular weight excluding hydrogens is 366 g/mol. The molecule has 0 aliphatic heterocycles. The van der Waals surface area contributed by atoms with Crippen LogP contribution in [-0.4, -0.2) is 15.8 Å². The Morgan fingerprint density at radius 1 is 1.33 bits per heavy atom. The lowest BCUT2D eigenvalue weighted by atomic mass is 10.0. The average molecular weight is 382 g/mol. The molecule has 0 bridgehead atoms. The fourth-order valence-electron chi connectivity index (χ4n) is 2.16. The minimum atomic E-state index is -4.61. The molecule has 2 N–H and O–H groups in total. The van der Waals surface area contributed by atoms with Crippen LogP contribution in [0.5, 0.6) is 11.6 Å². The number of aryl methyl sites for hydroxylation is 1. The van der Waals surface area contributed by atoms with Crippen LogP contribution in [0.1, 0.15) is 24.6 Å². The Balaban J connectivity index is 2.49. The summed E-state index contributed by atoms with van der Waals surface area (Å²) in [5.74, 6) is 0.138. The summed E-state index contributed by atoms with van der Waals surface area (Å²) in [5.41, 5.74) is 4.74. The molecule has 0 amide bonds. The van der Waals surface area contributed by atoms with E-state index in [1.165, 1.54) is 25.2 Å². The molecule has 24 heavy (non-hydrogen) atoms. The first kappa shape index (κ1) is 18.9. The summed E-state index contributed by atoms with van der Waals surface area (Å²) in [5, 5.41) is 4.13. The third-order valence-electron chi connectivity index (χ3n) is 3.45. The molecule has 0 saturated carbocycles. The average Bonchev–Trinajstić information content (AvgIpc) is 2.78. The summed E-state index contributed by atoms with van der Waals surface area (Å²) in [6.07, 6.45) is -4.10. The molecule has 0 aliphatic carbocycles. The number of hydrogen-bond acceptors (Lipinski definition) is 3. The van der Waals surface area contributed by atoms with Crippen molar-refractivity contribution in [3.63, 3.8) is 0 Å². The maximum Gasteiger partial charge on any atom is 0.435 e. The van der Waals surface area contributed by atoms with E-state index in [4.69, 9.17) is 33.7 Å². The van der Waals surface area contributed by atoms with Crippen molar-refractivity contribution < 1.29 is 17.9 Å². The second-order valence-corrected chi connectivity index (χ2v) is 6.15. The lowest BCUT2D eigenvalue weighted by Gasteiger charge is -2.14. The Morgan fingerprint density at radius 3 is 2.54 bits per heavy atom. The van der Waals surface area contributed by atoms with Gasteiger partial charge in [0.05, 0.1) is 5.02 Å². The van der Waals surface area contributed by atoms with Gasteiger partial charge in [-0.15, -0.1) is 0 Å². The Labute approximate surface area is 147 Å². The fourth-order valence-corrected chi connectivity index (χ4v) is 2.61. The third kappa shape index (κ3) is 4.15. The molecule has 1 unspecified atom stereocenters. The molecule has 4 nitrogen and oxygen atoms in total. The Kier molecular flexibility index (Phi) is 5.67.